The van der Waals surface area contributed by atoms with Crippen LogP contribution in [-0.4, -0.2) is 18.4 Å². The fourth-order valence-corrected chi connectivity index (χ4v) is 3.69. The van der Waals surface area contributed by atoms with Crippen LogP contribution in [0, 0.1) is 0 Å². The van der Waals surface area contributed by atoms with Gasteiger partial charge in [0.15, 0.2) is 0 Å². The standard InChI is InChI=1S/C20H23NO/c1-21(16-22)20(14-6-3-7-15-20)19-12-10-18(11-13-19)17-8-4-2-5-9-17/h2,4-5,8-13,16H,3,6-7,14-15H2,1H3. The van der Waals surface area contributed by atoms with Gasteiger partial charge in [0.2, 0.25) is 6.41 Å². The molecule has 0 bridgehead atoms. The van der Waals surface area contributed by atoms with Crippen molar-refractivity contribution in [3.05, 3.63) is 60.2 Å². The van der Waals surface area contributed by atoms with Crippen molar-refractivity contribution < 1.29 is 4.79 Å². The summed E-state index contributed by atoms with van der Waals surface area (Å²) in [5, 5.41) is 0. The van der Waals surface area contributed by atoms with Crippen LogP contribution in [0.4, 0.5) is 0 Å². The Bertz CT molecular complexity index is 612. The Balaban J connectivity index is 1.94. The molecular formula is C20H23NO. The Hall–Kier alpha value is -2.09. The molecule has 0 aromatic heterocycles. The quantitative estimate of drug-likeness (QED) is 0.754. The Morgan fingerprint density at radius 1 is 0.864 bits per heavy atom. The van der Waals surface area contributed by atoms with Crippen LogP contribution in [0.15, 0.2) is 54.6 Å². The summed E-state index contributed by atoms with van der Waals surface area (Å²) in [6.07, 6.45) is 6.77. The molecule has 1 fully saturated rings. The molecule has 2 aromatic carbocycles. The van der Waals surface area contributed by atoms with Gasteiger partial charge in [-0.25, -0.2) is 0 Å². The fraction of sp³-hybridized carbons (Fsp3) is 0.350. The van der Waals surface area contributed by atoms with Gasteiger partial charge in [0, 0.05) is 7.05 Å². The molecule has 3 rings (SSSR count). The lowest BCUT2D eigenvalue weighted by atomic mass is 9.75. The highest BCUT2D eigenvalue weighted by Gasteiger charge is 2.37. The SMILES string of the molecule is CN(C=O)C1(c2ccc(-c3ccccc3)cc2)CCCCC1. The van der Waals surface area contributed by atoms with E-state index in [4.69, 9.17) is 0 Å². The largest absolute Gasteiger partial charge is 0.339 e. The molecule has 0 N–H and O–H groups in total. The summed E-state index contributed by atoms with van der Waals surface area (Å²) in [5.41, 5.74) is 3.61. The Labute approximate surface area is 132 Å². The van der Waals surface area contributed by atoms with E-state index in [0.29, 0.717) is 0 Å². The number of nitrogens with zero attached hydrogens (tertiary/aromatic N) is 1. The topological polar surface area (TPSA) is 20.3 Å². The van der Waals surface area contributed by atoms with Gasteiger partial charge in [-0.3, -0.25) is 4.79 Å². The predicted molar refractivity (Wildman–Crippen MR) is 90.5 cm³/mol. The van der Waals surface area contributed by atoms with E-state index in [1.807, 2.05) is 18.0 Å². The summed E-state index contributed by atoms with van der Waals surface area (Å²) in [6.45, 7) is 0. The molecule has 1 saturated carbocycles. The van der Waals surface area contributed by atoms with Gasteiger partial charge in [-0.2, -0.15) is 0 Å². The van der Waals surface area contributed by atoms with Crippen molar-refractivity contribution >= 4 is 6.41 Å². The maximum atomic E-state index is 11.4. The molecule has 0 aliphatic heterocycles. The molecule has 1 aliphatic rings. The second-order valence-corrected chi connectivity index (χ2v) is 6.25. The van der Waals surface area contributed by atoms with Gasteiger partial charge in [-0.1, -0.05) is 73.9 Å². The number of amides is 1. The average Bonchev–Trinajstić information content (AvgIpc) is 2.62. The second kappa shape index (κ2) is 6.35. The van der Waals surface area contributed by atoms with E-state index in [0.717, 1.165) is 19.3 Å². The number of carbonyl (C=O) groups excluding carboxylic acids is 1. The molecule has 0 heterocycles. The summed E-state index contributed by atoms with van der Waals surface area (Å²) >= 11 is 0. The average molecular weight is 293 g/mol. The summed E-state index contributed by atoms with van der Waals surface area (Å²) in [5.74, 6) is 0. The molecule has 0 atom stereocenters. The number of hydrogen-bond acceptors (Lipinski definition) is 1. The third-order valence-corrected chi connectivity index (χ3v) is 5.04. The van der Waals surface area contributed by atoms with Gasteiger partial charge in [-0.05, 0) is 29.5 Å². The normalized spacial score (nSPS) is 17.0. The Morgan fingerprint density at radius 3 is 2.05 bits per heavy atom. The smallest absolute Gasteiger partial charge is 0.210 e. The van der Waals surface area contributed by atoms with E-state index in [9.17, 15) is 4.79 Å². The molecular weight excluding hydrogens is 270 g/mol. The first-order valence-electron chi connectivity index (χ1n) is 8.10. The zero-order valence-corrected chi connectivity index (χ0v) is 13.2. The minimum absolute atomic E-state index is 0.116. The highest BCUT2D eigenvalue weighted by molar-refractivity contribution is 5.64. The third kappa shape index (κ3) is 2.66. The van der Waals surface area contributed by atoms with Crippen molar-refractivity contribution in [3.63, 3.8) is 0 Å². The second-order valence-electron chi connectivity index (χ2n) is 6.25. The van der Waals surface area contributed by atoms with Gasteiger partial charge in [0.05, 0.1) is 5.54 Å². The molecule has 114 valence electrons. The lowest BCUT2D eigenvalue weighted by Crippen LogP contribution is -2.44. The predicted octanol–water partition coefficient (Wildman–Crippen LogP) is 4.60. The third-order valence-electron chi connectivity index (χ3n) is 5.04. The van der Waals surface area contributed by atoms with E-state index in [-0.39, 0.29) is 5.54 Å². The first-order chi connectivity index (χ1) is 10.8. The van der Waals surface area contributed by atoms with Gasteiger partial charge in [-0.15, -0.1) is 0 Å². The van der Waals surface area contributed by atoms with Crippen molar-refractivity contribution in [1.29, 1.82) is 0 Å². The van der Waals surface area contributed by atoms with E-state index in [1.165, 1.54) is 36.0 Å². The van der Waals surface area contributed by atoms with E-state index >= 15 is 0 Å². The molecule has 0 radical (unpaired) electrons. The molecule has 0 saturated heterocycles. The molecule has 1 aliphatic carbocycles. The van der Waals surface area contributed by atoms with Crippen LogP contribution >= 0.6 is 0 Å². The summed E-state index contributed by atoms with van der Waals surface area (Å²) in [6, 6.07) is 19.2. The lowest BCUT2D eigenvalue weighted by Gasteiger charge is -2.43. The van der Waals surface area contributed by atoms with Gasteiger partial charge in [0.25, 0.3) is 0 Å². The highest BCUT2D eigenvalue weighted by atomic mass is 16.1. The molecule has 0 unspecified atom stereocenters. The van der Waals surface area contributed by atoms with Crippen molar-refractivity contribution in [1.82, 2.24) is 4.90 Å². The lowest BCUT2D eigenvalue weighted by molar-refractivity contribution is -0.123. The first-order valence-corrected chi connectivity index (χ1v) is 8.10. The number of rotatable bonds is 4. The van der Waals surface area contributed by atoms with Crippen LogP contribution in [0.5, 0.6) is 0 Å². The summed E-state index contributed by atoms with van der Waals surface area (Å²) in [7, 11) is 1.92. The minimum atomic E-state index is -0.116. The molecule has 2 heteroatoms. The van der Waals surface area contributed by atoms with Crippen molar-refractivity contribution in [2.75, 3.05) is 7.05 Å². The Kier molecular flexibility index (Phi) is 4.28. The van der Waals surface area contributed by atoms with E-state index < -0.39 is 0 Å². The summed E-state index contributed by atoms with van der Waals surface area (Å²) in [4.78, 5) is 13.3. The van der Waals surface area contributed by atoms with Gasteiger partial charge >= 0.3 is 0 Å². The van der Waals surface area contributed by atoms with Crippen LogP contribution in [0.3, 0.4) is 0 Å². The fourth-order valence-electron chi connectivity index (χ4n) is 3.69. The number of carbonyl (C=O) groups is 1. The van der Waals surface area contributed by atoms with E-state index in [2.05, 4.69) is 48.5 Å². The minimum Gasteiger partial charge on any atom is -0.339 e. The molecule has 22 heavy (non-hydrogen) atoms. The zero-order valence-electron chi connectivity index (χ0n) is 13.2. The van der Waals surface area contributed by atoms with Crippen molar-refractivity contribution in [3.8, 4) is 11.1 Å². The van der Waals surface area contributed by atoms with Crippen LogP contribution in [0.25, 0.3) is 11.1 Å². The van der Waals surface area contributed by atoms with Gasteiger partial charge in [0.1, 0.15) is 0 Å². The Morgan fingerprint density at radius 2 is 1.45 bits per heavy atom. The first kappa shape index (κ1) is 14.8. The number of hydrogen-bond donors (Lipinski definition) is 0. The molecule has 1 amide bonds. The molecule has 2 nitrogen and oxygen atoms in total. The maximum absolute atomic E-state index is 11.4. The maximum Gasteiger partial charge on any atom is 0.210 e. The zero-order chi connectivity index (χ0) is 15.4. The van der Waals surface area contributed by atoms with Crippen LogP contribution in [0.2, 0.25) is 0 Å². The van der Waals surface area contributed by atoms with Crippen molar-refractivity contribution in [2.45, 2.75) is 37.6 Å². The monoisotopic (exact) mass is 293 g/mol. The van der Waals surface area contributed by atoms with Gasteiger partial charge < -0.3 is 4.90 Å². The van der Waals surface area contributed by atoms with Crippen LogP contribution < -0.4 is 0 Å². The number of benzene rings is 2. The highest BCUT2D eigenvalue weighted by Crippen LogP contribution is 2.41. The summed E-state index contributed by atoms with van der Waals surface area (Å²) < 4.78 is 0. The molecule has 2 aromatic rings. The van der Waals surface area contributed by atoms with E-state index in [1.54, 1.807) is 0 Å². The molecule has 0 spiro atoms. The van der Waals surface area contributed by atoms with Crippen LogP contribution in [-0.2, 0) is 10.3 Å². The van der Waals surface area contributed by atoms with Crippen LogP contribution in [0.1, 0.15) is 37.7 Å². The van der Waals surface area contributed by atoms with Crippen molar-refractivity contribution in [2.24, 2.45) is 0 Å².